The highest BCUT2D eigenvalue weighted by molar-refractivity contribution is 5.78. The van der Waals surface area contributed by atoms with Crippen molar-refractivity contribution in [3.63, 3.8) is 0 Å². The molecule has 0 radical (unpaired) electrons. The second-order valence-corrected chi connectivity index (χ2v) is 3.98. The fourth-order valence-electron chi connectivity index (χ4n) is 1.63. The van der Waals surface area contributed by atoms with Gasteiger partial charge in [-0.05, 0) is 14.0 Å². The van der Waals surface area contributed by atoms with Gasteiger partial charge in [0.25, 0.3) is 0 Å². The number of hydrogen-bond donors (Lipinski definition) is 1. The van der Waals surface area contributed by atoms with E-state index >= 15 is 0 Å². The zero-order valence-electron chi connectivity index (χ0n) is 9.49. The monoisotopic (exact) mass is 209 g/mol. The summed E-state index contributed by atoms with van der Waals surface area (Å²) in [5, 5.41) is 2.92. The van der Waals surface area contributed by atoms with Crippen LogP contribution in [-0.2, 0) is 4.79 Å². The van der Waals surface area contributed by atoms with Crippen LogP contribution in [0.4, 0.5) is 0 Å². The molecule has 0 aromatic carbocycles. The Kier molecular flexibility index (Phi) is 4.60. The number of nitrogens with zero attached hydrogens (tertiary/aromatic N) is 2. The average Bonchev–Trinajstić information content (AvgIpc) is 2.22. The maximum atomic E-state index is 11.7. The molecule has 4 nitrogen and oxygen atoms in total. The molecule has 15 heavy (non-hydrogen) atoms. The van der Waals surface area contributed by atoms with Crippen molar-refractivity contribution in [2.24, 2.45) is 0 Å². The minimum Gasteiger partial charge on any atom is -0.339 e. The number of hydrogen-bond acceptors (Lipinski definition) is 3. The first kappa shape index (κ1) is 12.0. The molecule has 1 rings (SSSR count). The first-order valence-electron chi connectivity index (χ1n) is 5.27. The quantitative estimate of drug-likeness (QED) is 0.497. The van der Waals surface area contributed by atoms with E-state index < -0.39 is 0 Å². The summed E-state index contributed by atoms with van der Waals surface area (Å²) in [6.07, 6.45) is 5.09. The number of carbonyl (C=O) groups is 1. The van der Waals surface area contributed by atoms with Gasteiger partial charge in [0, 0.05) is 25.7 Å². The average molecular weight is 209 g/mol. The second-order valence-electron chi connectivity index (χ2n) is 3.98. The van der Waals surface area contributed by atoms with Crippen molar-refractivity contribution in [2.75, 3.05) is 39.8 Å². The normalized spacial score (nSPS) is 22.5. The lowest BCUT2D eigenvalue weighted by Crippen LogP contribution is -2.53. The zero-order chi connectivity index (χ0) is 11.3. The molecule has 84 valence electrons. The lowest BCUT2D eigenvalue weighted by molar-refractivity contribution is -0.132. The van der Waals surface area contributed by atoms with E-state index in [0.717, 1.165) is 19.6 Å². The summed E-state index contributed by atoms with van der Waals surface area (Å²) < 4.78 is 0. The van der Waals surface area contributed by atoms with Crippen molar-refractivity contribution >= 4 is 5.91 Å². The number of terminal acetylenes is 1. The number of amides is 1. The van der Waals surface area contributed by atoms with Crippen LogP contribution in [0.5, 0.6) is 0 Å². The van der Waals surface area contributed by atoms with Gasteiger partial charge in [-0.15, -0.1) is 6.42 Å². The van der Waals surface area contributed by atoms with Crippen LogP contribution in [0.3, 0.4) is 0 Å². The molecule has 0 aromatic rings. The maximum Gasteiger partial charge on any atom is 0.236 e. The highest BCUT2D eigenvalue weighted by Gasteiger charge is 2.23. The van der Waals surface area contributed by atoms with Gasteiger partial charge in [-0.2, -0.15) is 0 Å². The lowest BCUT2D eigenvalue weighted by atomic mass is 10.2. The van der Waals surface area contributed by atoms with Crippen LogP contribution in [0.1, 0.15) is 6.92 Å². The molecule has 0 saturated carbocycles. The van der Waals surface area contributed by atoms with Crippen molar-refractivity contribution in [3.05, 3.63) is 0 Å². The number of rotatable bonds is 3. The van der Waals surface area contributed by atoms with Crippen LogP contribution >= 0.6 is 0 Å². The Morgan fingerprint density at radius 2 is 2.33 bits per heavy atom. The maximum absolute atomic E-state index is 11.7. The number of likely N-dealkylation sites (N-methyl/N-ethyl adjacent to an activating group) is 1. The summed E-state index contributed by atoms with van der Waals surface area (Å²) in [5.41, 5.74) is 0. The third-order valence-electron chi connectivity index (χ3n) is 2.82. The predicted octanol–water partition coefficient (Wildman–Crippen LogP) is -0.628. The van der Waals surface area contributed by atoms with E-state index in [-0.39, 0.29) is 5.91 Å². The smallest absolute Gasteiger partial charge is 0.236 e. The molecule has 0 spiro atoms. The van der Waals surface area contributed by atoms with Gasteiger partial charge in [0.15, 0.2) is 0 Å². The first-order chi connectivity index (χ1) is 7.15. The fraction of sp³-hybridized carbons (Fsp3) is 0.727. The molecule has 4 heteroatoms. The standard InChI is InChI=1S/C11H19N3O/c1-4-5-12-8-11(15)14-7-6-13(3)10(2)9-14/h1,10,12H,5-9H2,2-3H3. The molecule has 1 aliphatic heterocycles. The number of carbonyl (C=O) groups excluding carboxylic acids is 1. The predicted molar refractivity (Wildman–Crippen MR) is 60.4 cm³/mol. The fourth-order valence-corrected chi connectivity index (χ4v) is 1.63. The van der Waals surface area contributed by atoms with E-state index in [0.29, 0.717) is 19.1 Å². The minimum atomic E-state index is 0.144. The highest BCUT2D eigenvalue weighted by Crippen LogP contribution is 2.06. The van der Waals surface area contributed by atoms with Gasteiger partial charge in [0.05, 0.1) is 13.1 Å². The summed E-state index contributed by atoms with van der Waals surface area (Å²) in [4.78, 5) is 15.9. The van der Waals surface area contributed by atoms with Gasteiger partial charge < -0.3 is 9.80 Å². The summed E-state index contributed by atoms with van der Waals surface area (Å²) in [6, 6.07) is 0.440. The third-order valence-corrected chi connectivity index (χ3v) is 2.82. The Morgan fingerprint density at radius 1 is 1.60 bits per heavy atom. The van der Waals surface area contributed by atoms with E-state index in [4.69, 9.17) is 6.42 Å². The van der Waals surface area contributed by atoms with Crippen LogP contribution in [0, 0.1) is 12.3 Å². The third kappa shape index (κ3) is 3.54. The highest BCUT2D eigenvalue weighted by atomic mass is 16.2. The SMILES string of the molecule is C#CCNCC(=O)N1CCN(C)C(C)C1. The molecule has 1 heterocycles. The minimum absolute atomic E-state index is 0.144. The van der Waals surface area contributed by atoms with E-state index in [1.807, 2.05) is 4.90 Å². The summed E-state index contributed by atoms with van der Waals surface area (Å²) in [6.45, 7) is 5.51. The van der Waals surface area contributed by atoms with E-state index in [1.165, 1.54) is 0 Å². The first-order valence-corrected chi connectivity index (χ1v) is 5.27. The van der Waals surface area contributed by atoms with Crippen LogP contribution in [0.15, 0.2) is 0 Å². The molecule has 0 aromatic heterocycles. The van der Waals surface area contributed by atoms with Gasteiger partial charge in [-0.3, -0.25) is 10.1 Å². The van der Waals surface area contributed by atoms with Gasteiger partial charge in [0.1, 0.15) is 0 Å². The lowest BCUT2D eigenvalue weighted by Gasteiger charge is -2.37. The zero-order valence-corrected chi connectivity index (χ0v) is 9.49. The van der Waals surface area contributed by atoms with Crippen molar-refractivity contribution in [1.82, 2.24) is 15.1 Å². The Bertz CT molecular complexity index is 259. The van der Waals surface area contributed by atoms with Gasteiger partial charge in [-0.1, -0.05) is 5.92 Å². The van der Waals surface area contributed by atoms with Crippen LogP contribution in [-0.4, -0.2) is 61.5 Å². The van der Waals surface area contributed by atoms with Crippen LogP contribution in [0.2, 0.25) is 0 Å². The molecule has 0 aliphatic carbocycles. The van der Waals surface area contributed by atoms with Crippen molar-refractivity contribution < 1.29 is 4.79 Å². The van der Waals surface area contributed by atoms with E-state index in [2.05, 4.69) is 30.1 Å². The summed E-state index contributed by atoms with van der Waals surface area (Å²) >= 11 is 0. The number of nitrogens with one attached hydrogen (secondary N) is 1. The molecule has 1 unspecified atom stereocenters. The van der Waals surface area contributed by atoms with Crippen molar-refractivity contribution in [2.45, 2.75) is 13.0 Å². The molecular weight excluding hydrogens is 190 g/mol. The van der Waals surface area contributed by atoms with E-state index in [9.17, 15) is 4.79 Å². The molecule has 1 aliphatic rings. The Morgan fingerprint density at radius 3 is 2.93 bits per heavy atom. The topological polar surface area (TPSA) is 35.6 Å². The largest absolute Gasteiger partial charge is 0.339 e. The van der Waals surface area contributed by atoms with E-state index in [1.54, 1.807) is 0 Å². The molecule has 1 atom stereocenters. The molecule has 0 bridgehead atoms. The molecular formula is C11H19N3O. The van der Waals surface area contributed by atoms with Crippen molar-refractivity contribution in [1.29, 1.82) is 0 Å². The van der Waals surface area contributed by atoms with Gasteiger partial charge >= 0.3 is 0 Å². The Balaban J connectivity index is 2.31. The van der Waals surface area contributed by atoms with Crippen LogP contribution in [0.25, 0.3) is 0 Å². The molecule has 1 saturated heterocycles. The molecule has 1 amide bonds. The number of piperazine rings is 1. The Hall–Kier alpha value is -1.05. The summed E-state index contributed by atoms with van der Waals surface area (Å²) in [7, 11) is 2.09. The second kappa shape index (κ2) is 5.74. The summed E-state index contributed by atoms with van der Waals surface area (Å²) in [5.74, 6) is 2.60. The molecule has 1 fully saturated rings. The van der Waals surface area contributed by atoms with Gasteiger partial charge in [-0.25, -0.2) is 0 Å². The Labute approximate surface area is 91.6 Å². The van der Waals surface area contributed by atoms with Crippen molar-refractivity contribution in [3.8, 4) is 12.3 Å². The van der Waals surface area contributed by atoms with Crippen LogP contribution < -0.4 is 5.32 Å². The van der Waals surface area contributed by atoms with Gasteiger partial charge in [0.2, 0.25) is 5.91 Å². The molecule has 1 N–H and O–H groups in total.